The molecule has 0 amide bonds. The fourth-order valence-electron chi connectivity index (χ4n) is 3.55. The first-order chi connectivity index (χ1) is 13.7. The Labute approximate surface area is 165 Å². The lowest BCUT2D eigenvalue weighted by Crippen LogP contribution is -2.35. The van der Waals surface area contributed by atoms with E-state index in [1.54, 1.807) is 0 Å². The average Bonchev–Trinajstić information content (AvgIpc) is 3.05. The van der Waals surface area contributed by atoms with Gasteiger partial charge >= 0.3 is 13.9 Å². The van der Waals surface area contributed by atoms with Gasteiger partial charge in [-0.25, -0.2) is 4.79 Å². The van der Waals surface area contributed by atoms with Gasteiger partial charge in [0.1, 0.15) is 31.6 Å². The molecule has 0 spiro atoms. The zero-order chi connectivity index (χ0) is 20.8. The number of nitrogens with one attached hydrogen (secondary N) is 1. The summed E-state index contributed by atoms with van der Waals surface area (Å²) in [4.78, 5) is 35.7. The minimum absolute atomic E-state index is 0.00112. The molecule has 0 bridgehead atoms. The van der Waals surface area contributed by atoms with Gasteiger partial charge in [0.2, 0.25) is 5.82 Å². The summed E-state index contributed by atoms with van der Waals surface area (Å²) < 4.78 is 36.8. The van der Waals surface area contributed by atoms with E-state index in [1.165, 1.54) is 0 Å². The molecule has 4 rings (SSSR count). The molecule has 2 saturated heterocycles. The maximum atomic E-state index is 13.6. The second kappa shape index (κ2) is 7.71. The van der Waals surface area contributed by atoms with Crippen molar-refractivity contribution in [3.8, 4) is 0 Å². The molecule has 2 aliphatic heterocycles. The Bertz CT molecular complexity index is 1020. The number of hydrogen-bond donors (Lipinski definition) is 2. The number of benzene rings is 1. The lowest BCUT2D eigenvalue weighted by Gasteiger charge is -2.26. The Hall–Kier alpha value is -1.94. The predicted octanol–water partition coefficient (Wildman–Crippen LogP) is 1.88. The Morgan fingerprint density at radius 2 is 2.00 bits per heavy atom. The molecule has 1 aromatic carbocycles. The number of aryl methyl sites for hydroxylation is 2. The van der Waals surface area contributed by atoms with Crippen molar-refractivity contribution in [3.63, 3.8) is 0 Å². The third-order valence-corrected chi connectivity index (χ3v) is 6.23. The van der Waals surface area contributed by atoms with Gasteiger partial charge in [0.25, 0.3) is 5.56 Å². The zero-order valence-electron chi connectivity index (χ0n) is 15.8. The van der Waals surface area contributed by atoms with Gasteiger partial charge in [-0.1, -0.05) is 29.3 Å². The highest BCUT2D eigenvalue weighted by atomic mass is 31.2. The molecular formula is C18H21FN2O7P+. The van der Waals surface area contributed by atoms with Gasteiger partial charge in [-0.2, -0.15) is 13.8 Å². The molecule has 2 N–H and O–H groups in total. The van der Waals surface area contributed by atoms with E-state index < -0.39 is 43.7 Å². The molecule has 1 aromatic heterocycles. The van der Waals surface area contributed by atoms with E-state index in [0.717, 1.165) is 27.5 Å². The molecule has 29 heavy (non-hydrogen) atoms. The van der Waals surface area contributed by atoms with Crippen LogP contribution < -0.4 is 11.2 Å². The van der Waals surface area contributed by atoms with Crippen LogP contribution in [0.15, 0.2) is 34.0 Å². The molecule has 2 aromatic rings. The van der Waals surface area contributed by atoms with Crippen LogP contribution in [0.5, 0.6) is 0 Å². The summed E-state index contributed by atoms with van der Waals surface area (Å²) >= 11 is 0. The number of nitrogens with zero attached hydrogens (tertiary/aromatic N) is 1. The number of fused-ring (bicyclic) bond motifs is 1. The van der Waals surface area contributed by atoms with E-state index in [2.05, 4.69) is 0 Å². The quantitative estimate of drug-likeness (QED) is 0.717. The van der Waals surface area contributed by atoms with Crippen LogP contribution in [0.4, 0.5) is 4.39 Å². The maximum absolute atomic E-state index is 13.6. The molecule has 156 valence electrons. The Kier molecular flexibility index (Phi) is 5.41. The zero-order valence-corrected chi connectivity index (χ0v) is 16.7. The molecule has 4 atom stereocenters. The first-order valence-corrected chi connectivity index (χ1v) is 10.5. The first-order valence-electron chi connectivity index (χ1n) is 9.05. The van der Waals surface area contributed by atoms with Crippen molar-refractivity contribution in [1.29, 1.82) is 0 Å². The van der Waals surface area contributed by atoms with Crippen LogP contribution in [0.1, 0.15) is 29.3 Å². The minimum Gasteiger partial charge on any atom is -0.349 e. The summed E-state index contributed by atoms with van der Waals surface area (Å²) in [6.45, 7) is 4.05. The number of aromatic nitrogens is 2. The Balaban J connectivity index is 1.44. The van der Waals surface area contributed by atoms with Crippen LogP contribution in [0.3, 0.4) is 0 Å². The Morgan fingerprint density at radius 3 is 2.72 bits per heavy atom. The van der Waals surface area contributed by atoms with E-state index in [1.807, 2.05) is 37.0 Å². The van der Waals surface area contributed by atoms with Gasteiger partial charge in [-0.05, 0) is 19.4 Å². The van der Waals surface area contributed by atoms with Gasteiger partial charge in [0.05, 0.1) is 6.20 Å². The van der Waals surface area contributed by atoms with E-state index in [9.17, 15) is 18.9 Å². The van der Waals surface area contributed by atoms with Crippen molar-refractivity contribution >= 4 is 8.17 Å². The van der Waals surface area contributed by atoms with Gasteiger partial charge < -0.3 is 4.74 Å². The number of aromatic amines is 1. The van der Waals surface area contributed by atoms with Gasteiger partial charge in [0.15, 0.2) is 0 Å². The molecule has 2 fully saturated rings. The molecule has 3 heterocycles. The van der Waals surface area contributed by atoms with Crippen molar-refractivity contribution < 1.29 is 27.6 Å². The van der Waals surface area contributed by atoms with Crippen molar-refractivity contribution in [3.05, 3.63) is 67.7 Å². The molecule has 0 saturated carbocycles. The molecule has 1 unspecified atom stereocenters. The molecule has 0 radical (unpaired) electrons. The highest BCUT2D eigenvalue weighted by Crippen LogP contribution is 2.63. The fourth-order valence-corrected chi connectivity index (χ4v) is 4.96. The van der Waals surface area contributed by atoms with Crippen LogP contribution in [0, 0.1) is 19.7 Å². The number of H-pyrrole nitrogens is 1. The number of ether oxygens (including phenoxy) is 1. The third kappa shape index (κ3) is 4.32. The van der Waals surface area contributed by atoms with Crippen LogP contribution in [-0.4, -0.2) is 33.3 Å². The molecule has 0 aliphatic carbocycles. The summed E-state index contributed by atoms with van der Waals surface area (Å²) in [7, 11) is -3.58. The first kappa shape index (κ1) is 20.3. The lowest BCUT2D eigenvalue weighted by molar-refractivity contribution is -0.0828. The van der Waals surface area contributed by atoms with E-state index in [4.69, 9.17) is 18.3 Å². The van der Waals surface area contributed by atoms with Crippen LogP contribution in [0.25, 0.3) is 0 Å². The second-order valence-electron chi connectivity index (χ2n) is 7.19. The molecule has 9 nitrogen and oxygen atoms in total. The van der Waals surface area contributed by atoms with Crippen molar-refractivity contribution in [2.75, 3.05) is 6.61 Å². The minimum atomic E-state index is -3.58. The summed E-state index contributed by atoms with van der Waals surface area (Å²) in [6.07, 6.45) is -1.07. The van der Waals surface area contributed by atoms with Gasteiger partial charge in [-0.15, -0.1) is 9.05 Å². The van der Waals surface area contributed by atoms with Crippen molar-refractivity contribution in [1.82, 2.24) is 9.55 Å². The molecule has 2 aliphatic rings. The van der Waals surface area contributed by atoms with Gasteiger partial charge in [-0.3, -0.25) is 14.3 Å². The van der Waals surface area contributed by atoms with Gasteiger partial charge in [0, 0.05) is 6.42 Å². The number of halogens is 1. The van der Waals surface area contributed by atoms with Crippen molar-refractivity contribution in [2.24, 2.45) is 0 Å². The lowest BCUT2D eigenvalue weighted by atomic mass is 10.1. The van der Waals surface area contributed by atoms with E-state index >= 15 is 0 Å². The maximum Gasteiger partial charge on any atom is 0.573 e. The van der Waals surface area contributed by atoms with E-state index in [-0.39, 0.29) is 19.6 Å². The SMILES string of the molecule is Cc1cc(C)cc(CO[P+]2(O)OC[C@H]3O[C@@H](n4cc(F)c(=O)[nH]c4=O)C[C@@H]3O2)c1. The van der Waals surface area contributed by atoms with Crippen LogP contribution >= 0.6 is 8.17 Å². The smallest absolute Gasteiger partial charge is 0.349 e. The summed E-state index contributed by atoms with van der Waals surface area (Å²) in [5, 5.41) is 0. The standard InChI is InChI=1S/C18H20FN2O7P/c1-10-3-11(2)5-12(4-10)8-25-29(24)26-9-15-14(28-29)6-16(27-15)21-7-13(19)17(22)20-18(21)23/h3-5,7,14-16,24H,6,8-9H2,1-2H3/p+1/t14-,15+,16+,29?/m0/s1. The summed E-state index contributed by atoms with van der Waals surface area (Å²) in [5.74, 6) is -1.10. The van der Waals surface area contributed by atoms with E-state index in [0.29, 0.717) is 0 Å². The summed E-state index contributed by atoms with van der Waals surface area (Å²) in [5.41, 5.74) is 1.13. The topological polar surface area (TPSA) is 112 Å². The predicted molar refractivity (Wildman–Crippen MR) is 100 cm³/mol. The summed E-state index contributed by atoms with van der Waals surface area (Å²) in [6, 6.07) is 5.92. The highest BCUT2D eigenvalue weighted by Gasteiger charge is 2.57. The fraction of sp³-hybridized carbons (Fsp3) is 0.444. The average molecular weight is 427 g/mol. The Morgan fingerprint density at radius 1 is 1.28 bits per heavy atom. The number of rotatable bonds is 4. The largest absolute Gasteiger partial charge is 0.573 e. The molecular weight excluding hydrogens is 406 g/mol. The molecule has 11 heteroatoms. The normalized spacial score (nSPS) is 29.0. The van der Waals surface area contributed by atoms with Crippen LogP contribution in [-0.2, 0) is 24.9 Å². The third-order valence-electron chi connectivity index (χ3n) is 4.76. The number of hydrogen-bond acceptors (Lipinski definition) is 7. The van der Waals surface area contributed by atoms with Crippen LogP contribution in [0.2, 0.25) is 0 Å². The monoisotopic (exact) mass is 427 g/mol. The van der Waals surface area contributed by atoms with Crippen molar-refractivity contribution in [2.45, 2.75) is 45.3 Å². The highest BCUT2D eigenvalue weighted by molar-refractivity contribution is 7.55. The second-order valence-corrected chi connectivity index (χ2v) is 8.85.